The van der Waals surface area contributed by atoms with Gasteiger partial charge in [-0.25, -0.2) is 0 Å². The molecular formula is C33H36NO3+. The van der Waals surface area contributed by atoms with E-state index in [4.69, 9.17) is 9.47 Å². The maximum Gasteiger partial charge on any atom is 0.312 e. The highest BCUT2D eigenvalue weighted by molar-refractivity contribution is 5.70. The van der Waals surface area contributed by atoms with Crippen LogP contribution in [-0.4, -0.2) is 24.1 Å². The summed E-state index contributed by atoms with van der Waals surface area (Å²) in [4.78, 5) is 12.8. The van der Waals surface area contributed by atoms with Gasteiger partial charge in [0, 0.05) is 16.7 Å². The molecule has 0 saturated heterocycles. The Morgan fingerprint density at radius 1 is 0.703 bits per heavy atom. The fraction of sp³-hybridized carbons (Fsp3) is 0.242. The summed E-state index contributed by atoms with van der Waals surface area (Å²) < 4.78 is 12.1. The third-order valence-electron chi connectivity index (χ3n) is 6.70. The Morgan fingerprint density at radius 3 is 1.68 bits per heavy atom. The number of hydrogen-bond donors (Lipinski definition) is 0. The minimum absolute atomic E-state index is 0.0948. The van der Waals surface area contributed by atoms with Crippen LogP contribution < -0.4 is 4.74 Å². The van der Waals surface area contributed by atoms with Crippen molar-refractivity contribution in [1.82, 2.24) is 0 Å². The molecule has 0 radical (unpaired) electrons. The first-order valence-electron chi connectivity index (χ1n) is 12.9. The molecule has 4 heteroatoms. The summed E-state index contributed by atoms with van der Waals surface area (Å²) in [6.07, 6.45) is 0.300. The Bertz CT molecular complexity index is 1180. The van der Waals surface area contributed by atoms with Gasteiger partial charge >= 0.3 is 5.97 Å². The highest BCUT2D eigenvalue weighted by Crippen LogP contribution is 2.36. The summed E-state index contributed by atoms with van der Waals surface area (Å²) in [6, 6.07) is 39.2. The van der Waals surface area contributed by atoms with Crippen LogP contribution >= 0.6 is 0 Å². The van der Waals surface area contributed by atoms with E-state index in [0.29, 0.717) is 24.1 Å². The van der Waals surface area contributed by atoms with E-state index >= 15 is 0 Å². The Kier molecular flexibility index (Phi) is 9.12. The molecule has 0 heterocycles. The number of hydrogen-bond acceptors (Lipinski definition) is 3. The Balaban J connectivity index is 1.64. The summed E-state index contributed by atoms with van der Waals surface area (Å²) in [6.45, 7) is 4.31. The summed E-state index contributed by atoms with van der Waals surface area (Å²) in [5, 5.41) is 0. The van der Waals surface area contributed by atoms with Gasteiger partial charge < -0.3 is 14.0 Å². The number of ether oxygens (including phenoxy) is 2. The van der Waals surface area contributed by atoms with Gasteiger partial charge in [-0.2, -0.15) is 0 Å². The van der Waals surface area contributed by atoms with E-state index in [1.54, 1.807) is 0 Å². The van der Waals surface area contributed by atoms with E-state index in [-0.39, 0.29) is 12.0 Å². The fourth-order valence-electron chi connectivity index (χ4n) is 4.88. The normalized spacial score (nSPS) is 12.1. The van der Waals surface area contributed by atoms with Gasteiger partial charge in [-0.05, 0) is 36.8 Å². The standard InChI is InChI=1S/C33H36NO3/c1-3-36-33(35)23-32(30-19-21-31(22-20-30)37-26-29-17-11-6-12-18-29)34(2,24-27-13-7-4-8-14-27)25-28-15-9-5-10-16-28/h4-22,32H,3,23-26H2,1-2H3/q+1/t32-/m1/s1. The van der Waals surface area contributed by atoms with Gasteiger partial charge in [0.15, 0.2) is 0 Å². The molecule has 0 aliphatic rings. The molecule has 1 atom stereocenters. The molecule has 0 unspecified atom stereocenters. The van der Waals surface area contributed by atoms with E-state index in [1.165, 1.54) is 11.1 Å². The molecule has 0 fully saturated rings. The SMILES string of the molecule is CCOC(=O)C[C@H](c1ccc(OCc2ccccc2)cc1)[N+](C)(Cc1ccccc1)Cc1ccccc1. The van der Waals surface area contributed by atoms with E-state index in [0.717, 1.165) is 30.0 Å². The third kappa shape index (κ3) is 7.55. The number of quaternary nitrogens is 1. The lowest BCUT2D eigenvalue weighted by molar-refractivity contribution is -0.964. The Hall–Kier alpha value is -3.89. The van der Waals surface area contributed by atoms with Crippen LogP contribution in [0.2, 0.25) is 0 Å². The lowest BCUT2D eigenvalue weighted by Crippen LogP contribution is -2.46. The van der Waals surface area contributed by atoms with Crippen LogP contribution in [0.15, 0.2) is 115 Å². The van der Waals surface area contributed by atoms with Crippen molar-refractivity contribution in [1.29, 1.82) is 0 Å². The molecule has 0 spiro atoms. The van der Waals surface area contributed by atoms with E-state index in [1.807, 2.05) is 49.4 Å². The van der Waals surface area contributed by atoms with Crippen molar-refractivity contribution in [2.75, 3.05) is 13.7 Å². The van der Waals surface area contributed by atoms with Gasteiger partial charge in [0.25, 0.3) is 0 Å². The molecule has 0 aliphatic carbocycles. The molecular weight excluding hydrogens is 458 g/mol. The molecule has 4 rings (SSSR count). The van der Waals surface area contributed by atoms with Crippen LogP contribution in [0.3, 0.4) is 0 Å². The minimum atomic E-state index is -0.178. The van der Waals surface area contributed by atoms with E-state index in [2.05, 4.69) is 79.8 Å². The third-order valence-corrected chi connectivity index (χ3v) is 6.70. The number of carbonyl (C=O) groups excluding carboxylic acids is 1. The zero-order chi connectivity index (χ0) is 25.9. The second kappa shape index (κ2) is 12.9. The molecule has 0 amide bonds. The Labute approximate surface area is 220 Å². The highest BCUT2D eigenvalue weighted by Gasteiger charge is 2.37. The first-order valence-corrected chi connectivity index (χ1v) is 12.9. The molecule has 0 aliphatic heterocycles. The number of rotatable bonds is 12. The molecule has 0 aromatic heterocycles. The molecule has 0 bridgehead atoms. The van der Waals surface area contributed by atoms with E-state index < -0.39 is 0 Å². The summed E-state index contributed by atoms with van der Waals surface area (Å²) in [5.74, 6) is 0.630. The largest absolute Gasteiger partial charge is 0.489 e. The van der Waals surface area contributed by atoms with Gasteiger partial charge in [0.05, 0.1) is 13.7 Å². The van der Waals surface area contributed by atoms with Crippen LogP contribution in [-0.2, 0) is 29.2 Å². The van der Waals surface area contributed by atoms with Crippen molar-refractivity contribution in [3.63, 3.8) is 0 Å². The van der Waals surface area contributed by atoms with Crippen LogP contribution in [0.25, 0.3) is 0 Å². The summed E-state index contributed by atoms with van der Waals surface area (Å²) in [7, 11) is 2.24. The first kappa shape index (κ1) is 26.2. The van der Waals surface area contributed by atoms with Crippen LogP contribution in [0, 0.1) is 0 Å². The van der Waals surface area contributed by atoms with Crippen molar-refractivity contribution in [2.45, 2.75) is 39.1 Å². The monoisotopic (exact) mass is 494 g/mol. The van der Waals surface area contributed by atoms with Gasteiger partial charge in [-0.15, -0.1) is 0 Å². The average molecular weight is 495 g/mol. The van der Waals surface area contributed by atoms with Crippen LogP contribution in [0.5, 0.6) is 5.75 Å². The van der Waals surface area contributed by atoms with Crippen molar-refractivity contribution < 1.29 is 18.8 Å². The molecule has 0 N–H and O–H groups in total. The fourth-order valence-corrected chi connectivity index (χ4v) is 4.88. The first-order chi connectivity index (χ1) is 18.1. The predicted molar refractivity (Wildman–Crippen MR) is 148 cm³/mol. The predicted octanol–water partition coefficient (Wildman–Crippen LogP) is 7.11. The van der Waals surface area contributed by atoms with Crippen molar-refractivity contribution >= 4 is 5.97 Å². The highest BCUT2D eigenvalue weighted by atomic mass is 16.5. The van der Waals surface area contributed by atoms with Gasteiger partial charge in [0.2, 0.25) is 0 Å². The topological polar surface area (TPSA) is 35.5 Å². The minimum Gasteiger partial charge on any atom is -0.489 e. The lowest BCUT2D eigenvalue weighted by atomic mass is 9.97. The van der Waals surface area contributed by atoms with Gasteiger partial charge in [-0.3, -0.25) is 4.79 Å². The number of esters is 1. The average Bonchev–Trinajstić information content (AvgIpc) is 2.93. The molecule has 4 aromatic carbocycles. The molecule has 37 heavy (non-hydrogen) atoms. The van der Waals surface area contributed by atoms with Crippen molar-refractivity contribution in [3.8, 4) is 5.75 Å². The zero-order valence-electron chi connectivity index (χ0n) is 21.8. The van der Waals surface area contributed by atoms with Crippen LogP contribution in [0.4, 0.5) is 0 Å². The maximum absolute atomic E-state index is 12.8. The second-order valence-electron chi connectivity index (χ2n) is 9.64. The second-order valence-corrected chi connectivity index (χ2v) is 9.64. The Morgan fingerprint density at radius 2 is 1.19 bits per heavy atom. The number of benzene rings is 4. The number of nitrogens with zero attached hydrogens (tertiary/aromatic N) is 1. The van der Waals surface area contributed by atoms with Crippen molar-refractivity contribution in [2.24, 2.45) is 0 Å². The van der Waals surface area contributed by atoms with Crippen LogP contribution in [0.1, 0.15) is 41.6 Å². The smallest absolute Gasteiger partial charge is 0.312 e. The molecule has 0 saturated carbocycles. The molecule has 4 nitrogen and oxygen atoms in total. The molecule has 4 aromatic rings. The zero-order valence-corrected chi connectivity index (χ0v) is 21.8. The number of carbonyl (C=O) groups is 1. The van der Waals surface area contributed by atoms with E-state index in [9.17, 15) is 4.79 Å². The lowest BCUT2D eigenvalue weighted by Gasteiger charge is -2.42. The van der Waals surface area contributed by atoms with Gasteiger partial charge in [0.1, 0.15) is 37.9 Å². The quantitative estimate of drug-likeness (QED) is 0.156. The molecule has 190 valence electrons. The van der Waals surface area contributed by atoms with Crippen molar-refractivity contribution in [3.05, 3.63) is 138 Å². The summed E-state index contributed by atoms with van der Waals surface area (Å²) >= 11 is 0. The maximum atomic E-state index is 12.8. The van der Waals surface area contributed by atoms with Gasteiger partial charge in [-0.1, -0.05) is 91.0 Å². The summed E-state index contributed by atoms with van der Waals surface area (Å²) in [5.41, 5.74) is 4.69.